The standard InChI is InChI=1S/C19H15Cl2FN2O3/c1-8(18(23)26)15-9(2)24(13-5-6-14(25)17(22)16(13)15)19(27)10-3-4-11(20)12(21)7-10/h3-8,25H,1-2H3,(H2,23,26). The summed E-state index contributed by atoms with van der Waals surface area (Å²) in [4.78, 5) is 24.8. The van der Waals surface area contributed by atoms with Crippen LogP contribution in [0.25, 0.3) is 10.9 Å². The van der Waals surface area contributed by atoms with Crippen molar-refractivity contribution >= 4 is 45.9 Å². The zero-order valence-electron chi connectivity index (χ0n) is 14.4. The van der Waals surface area contributed by atoms with E-state index in [1.54, 1.807) is 6.92 Å². The highest BCUT2D eigenvalue weighted by Crippen LogP contribution is 2.37. The first-order valence-corrected chi connectivity index (χ1v) is 8.72. The fraction of sp³-hybridized carbons (Fsp3) is 0.158. The molecule has 140 valence electrons. The number of primary amides is 1. The number of amides is 1. The third-order valence-electron chi connectivity index (χ3n) is 4.56. The van der Waals surface area contributed by atoms with Crippen LogP contribution in [0.15, 0.2) is 30.3 Å². The Morgan fingerprint density at radius 1 is 1.19 bits per heavy atom. The molecule has 0 aliphatic heterocycles. The van der Waals surface area contributed by atoms with E-state index in [2.05, 4.69) is 0 Å². The Balaban J connectivity index is 2.35. The van der Waals surface area contributed by atoms with Gasteiger partial charge in [-0.05, 0) is 49.7 Å². The lowest BCUT2D eigenvalue weighted by Gasteiger charge is -2.10. The first-order chi connectivity index (χ1) is 12.6. The topological polar surface area (TPSA) is 85.3 Å². The van der Waals surface area contributed by atoms with Crippen LogP contribution in [0.1, 0.15) is 34.5 Å². The number of fused-ring (bicyclic) bond motifs is 1. The molecule has 0 bridgehead atoms. The molecule has 1 aromatic heterocycles. The van der Waals surface area contributed by atoms with Crippen LogP contribution in [0, 0.1) is 12.7 Å². The Bertz CT molecular complexity index is 1110. The Morgan fingerprint density at radius 3 is 2.44 bits per heavy atom. The van der Waals surface area contributed by atoms with E-state index >= 15 is 0 Å². The molecule has 0 radical (unpaired) electrons. The Hall–Kier alpha value is -2.57. The number of phenolic OH excluding ortho intramolecular Hbond substituents is 1. The van der Waals surface area contributed by atoms with Crippen LogP contribution in [-0.4, -0.2) is 21.5 Å². The van der Waals surface area contributed by atoms with Crippen molar-refractivity contribution in [1.82, 2.24) is 4.57 Å². The van der Waals surface area contributed by atoms with Crippen LogP contribution in [0.3, 0.4) is 0 Å². The van der Waals surface area contributed by atoms with Crippen LogP contribution >= 0.6 is 23.2 Å². The second-order valence-corrected chi connectivity index (χ2v) is 7.00. The summed E-state index contributed by atoms with van der Waals surface area (Å²) in [6, 6.07) is 6.94. The van der Waals surface area contributed by atoms with Crippen molar-refractivity contribution < 1.29 is 19.1 Å². The van der Waals surface area contributed by atoms with E-state index in [0.717, 1.165) is 6.07 Å². The average molecular weight is 409 g/mol. The Labute approximate surface area is 164 Å². The number of halogens is 3. The molecule has 8 heteroatoms. The number of aromatic hydroxyl groups is 1. The van der Waals surface area contributed by atoms with Crippen molar-refractivity contribution in [3.63, 3.8) is 0 Å². The molecule has 0 saturated heterocycles. The minimum Gasteiger partial charge on any atom is -0.505 e. The fourth-order valence-electron chi connectivity index (χ4n) is 3.17. The van der Waals surface area contributed by atoms with Crippen molar-refractivity contribution in [1.29, 1.82) is 0 Å². The lowest BCUT2D eigenvalue weighted by molar-refractivity contribution is -0.119. The molecule has 1 atom stereocenters. The van der Waals surface area contributed by atoms with E-state index in [4.69, 9.17) is 28.9 Å². The monoisotopic (exact) mass is 408 g/mol. The van der Waals surface area contributed by atoms with Crippen molar-refractivity contribution in [3.05, 3.63) is 63.0 Å². The molecule has 3 rings (SSSR count). The van der Waals surface area contributed by atoms with Crippen LogP contribution in [0.5, 0.6) is 5.75 Å². The van der Waals surface area contributed by atoms with Crippen LogP contribution in [0.4, 0.5) is 4.39 Å². The normalized spacial score (nSPS) is 12.3. The fourth-order valence-corrected chi connectivity index (χ4v) is 3.47. The molecule has 1 unspecified atom stereocenters. The van der Waals surface area contributed by atoms with E-state index in [-0.39, 0.29) is 27.1 Å². The highest BCUT2D eigenvalue weighted by atomic mass is 35.5. The number of hydrogen-bond acceptors (Lipinski definition) is 3. The molecule has 3 N–H and O–H groups in total. The van der Waals surface area contributed by atoms with Gasteiger partial charge in [0.2, 0.25) is 5.91 Å². The molecule has 3 aromatic rings. The first-order valence-electron chi connectivity index (χ1n) is 7.96. The van der Waals surface area contributed by atoms with Crippen LogP contribution < -0.4 is 5.73 Å². The summed E-state index contributed by atoms with van der Waals surface area (Å²) in [7, 11) is 0. The zero-order valence-corrected chi connectivity index (χ0v) is 15.9. The summed E-state index contributed by atoms with van der Waals surface area (Å²) in [5.41, 5.74) is 6.44. The van der Waals surface area contributed by atoms with Gasteiger partial charge in [0, 0.05) is 16.6 Å². The number of nitrogens with two attached hydrogens (primary N) is 1. The molecule has 2 aromatic carbocycles. The highest BCUT2D eigenvalue weighted by molar-refractivity contribution is 6.42. The van der Waals surface area contributed by atoms with Gasteiger partial charge in [0.1, 0.15) is 0 Å². The number of carbonyl (C=O) groups excluding carboxylic acids is 2. The molecular weight excluding hydrogens is 394 g/mol. The Kier molecular flexibility index (Phi) is 4.88. The highest BCUT2D eigenvalue weighted by Gasteiger charge is 2.28. The molecule has 0 spiro atoms. The molecule has 0 fully saturated rings. The van der Waals surface area contributed by atoms with E-state index in [1.165, 1.54) is 35.8 Å². The van der Waals surface area contributed by atoms with Crippen molar-refractivity contribution in [2.75, 3.05) is 0 Å². The second kappa shape index (κ2) is 6.87. The van der Waals surface area contributed by atoms with Gasteiger partial charge in [0.15, 0.2) is 11.6 Å². The summed E-state index contributed by atoms with van der Waals surface area (Å²) in [5, 5.41) is 10.2. The number of rotatable bonds is 3. The number of aromatic nitrogens is 1. The lowest BCUT2D eigenvalue weighted by Crippen LogP contribution is -2.20. The maximum atomic E-state index is 14.7. The molecule has 5 nitrogen and oxygen atoms in total. The molecule has 27 heavy (non-hydrogen) atoms. The minimum absolute atomic E-state index is 0.0211. The molecule has 0 aliphatic rings. The molecule has 0 saturated carbocycles. The van der Waals surface area contributed by atoms with Gasteiger partial charge in [-0.3, -0.25) is 14.2 Å². The number of hydrogen-bond donors (Lipinski definition) is 2. The number of phenols is 1. The van der Waals surface area contributed by atoms with Gasteiger partial charge in [0.05, 0.1) is 21.5 Å². The van der Waals surface area contributed by atoms with Gasteiger partial charge in [-0.25, -0.2) is 4.39 Å². The van der Waals surface area contributed by atoms with Gasteiger partial charge in [-0.15, -0.1) is 0 Å². The number of carbonyl (C=O) groups is 2. The second-order valence-electron chi connectivity index (χ2n) is 6.19. The Morgan fingerprint density at radius 2 is 1.85 bits per heavy atom. The SMILES string of the molecule is Cc1c(C(C)C(N)=O)c2c(F)c(O)ccc2n1C(=O)c1ccc(Cl)c(Cl)c1. The largest absolute Gasteiger partial charge is 0.505 e. The first kappa shape index (κ1) is 19.2. The molecule has 0 aliphatic carbocycles. The molecule has 1 amide bonds. The van der Waals surface area contributed by atoms with E-state index < -0.39 is 29.3 Å². The van der Waals surface area contributed by atoms with Crippen molar-refractivity contribution in [2.45, 2.75) is 19.8 Å². The third-order valence-corrected chi connectivity index (χ3v) is 5.30. The third kappa shape index (κ3) is 3.05. The summed E-state index contributed by atoms with van der Waals surface area (Å²) in [6.07, 6.45) is 0. The maximum Gasteiger partial charge on any atom is 0.262 e. The summed E-state index contributed by atoms with van der Waals surface area (Å²) < 4.78 is 16.0. The summed E-state index contributed by atoms with van der Waals surface area (Å²) >= 11 is 11.9. The number of benzene rings is 2. The van der Waals surface area contributed by atoms with E-state index in [9.17, 15) is 19.1 Å². The van der Waals surface area contributed by atoms with E-state index in [1.807, 2.05) is 0 Å². The lowest BCUT2D eigenvalue weighted by atomic mass is 9.97. The van der Waals surface area contributed by atoms with Gasteiger partial charge in [0.25, 0.3) is 5.91 Å². The van der Waals surface area contributed by atoms with Crippen LogP contribution in [0.2, 0.25) is 10.0 Å². The quantitative estimate of drug-likeness (QED) is 0.674. The van der Waals surface area contributed by atoms with E-state index in [0.29, 0.717) is 10.7 Å². The minimum atomic E-state index is -0.917. The predicted octanol–water partition coefficient (Wildman–Crippen LogP) is 4.38. The van der Waals surface area contributed by atoms with Crippen molar-refractivity contribution in [3.8, 4) is 5.75 Å². The van der Waals surface area contributed by atoms with Gasteiger partial charge in [-0.1, -0.05) is 23.2 Å². The van der Waals surface area contributed by atoms with Gasteiger partial charge in [-0.2, -0.15) is 0 Å². The van der Waals surface area contributed by atoms with Crippen LogP contribution in [-0.2, 0) is 4.79 Å². The average Bonchev–Trinajstić information content (AvgIpc) is 2.91. The number of nitrogens with zero attached hydrogens (tertiary/aromatic N) is 1. The smallest absolute Gasteiger partial charge is 0.262 e. The van der Waals surface area contributed by atoms with Crippen molar-refractivity contribution in [2.24, 2.45) is 5.73 Å². The maximum absolute atomic E-state index is 14.7. The predicted molar refractivity (Wildman–Crippen MR) is 102 cm³/mol. The van der Waals surface area contributed by atoms with Gasteiger partial charge >= 0.3 is 0 Å². The van der Waals surface area contributed by atoms with Gasteiger partial charge < -0.3 is 10.8 Å². The zero-order chi connectivity index (χ0) is 20.0. The molecular formula is C19H15Cl2FN2O3. The summed E-state index contributed by atoms with van der Waals surface area (Å²) in [5.74, 6) is -3.53. The molecule has 1 heterocycles. The summed E-state index contributed by atoms with van der Waals surface area (Å²) in [6.45, 7) is 3.10.